The molecule has 98 valence electrons. The normalized spacial score (nSPS) is 10.1. The number of hydrogen-bond donors (Lipinski definition) is 0. The van der Waals surface area contributed by atoms with E-state index in [-0.39, 0.29) is 11.8 Å². The Hall–Kier alpha value is -1.29. The first-order valence-corrected chi connectivity index (χ1v) is 6.91. The molecule has 0 aliphatic carbocycles. The number of aryl methyl sites for hydroxylation is 1. The lowest BCUT2D eigenvalue weighted by molar-refractivity contribution is -0.140. The molecule has 0 saturated carbocycles. The van der Waals surface area contributed by atoms with Gasteiger partial charge in [0, 0.05) is 11.3 Å². The predicted molar refractivity (Wildman–Crippen MR) is 72.8 cm³/mol. The minimum absolute atomic E-state index is 0.125. The Morgan fingerprint density at radius 3 is 2.50 bits per heavy atom. The minimum atomic E-state index is -0.232. The number of ketones is 1. The van der Waals surface area contributed by atoms with Crippen molar-refractivity contribution in [3.8, 4) is 0 Å². The zero-order valence-corrected chi connectivity index (χ0v) is 11.6. The highest BCUT2D eigenvalue weighted by molar-refractivity contribution is 8.00. The van der Waals surface area contributed by atoms with Crippen molar-refractivity contribution in [1.29, 1.82) is 0 Å². The predicted octanol–water partition coefficient (Wildman–Crippen LogP) is 3.00. The van der Waals surface area contributed by atoms with Crippen molar-refractivity contribution in [3.63, 3.8) is 0 Å². The van der Waals surface area contributed by atoms with E-state index >= 15 is 0 Å². The van der Waals surface area contributed by atoms with E-state index < -0.39 is 0 Å². The molecule has 3 nitrogen and oxygen atoms in total. The molecule has 0 aliphatic heterocycles. The molecule has 0 aliphatic rings. The molecule has 0 fully saturated rings. The number of carbonyl (C=O) groups excluding carboxylic acids is 2. The Bertz CT molecular complexity index is 398. The summed E-state index contributed by atoms with van der Waals surface area (Å²) in [6.45, 7) is 3.89. The van der Waals surface area contributed by atoms with Crippen LogP contribution in [0.3, 0.4) is 0 Å². The monoisotopic (exact) mass is 266 g/mol. The molecule has 0 atom stereocenters. The van der Waals surface area contributed by atoms with Crippen LogP contribution in [0.5, 0.6) is 0 Å². The summed E-state index contributed by atoms with van der Waals surface area (Å²) in [6, 6.07) is 8.01. The molecule has 0 saturated heterocycles. The quantitative estimate of drug-likeness (QED) is 0.432. The SMILES string of the molecule is CC(=O)CCCOC(=O)CSc1ccc(C)cc1. The Labute approximate surface area is 112 Å². The fourth-order valence-corrected chi connectivity index (χ4v) is 2.02. The van der Waals surface area contributed by atoms with Gasteiger partial charge in [-0.25, -0.2) is 0 Å². The number of carbonyl (C=O) groups is 2. The van der Waals surface area contributed by atoms with E-state index in [1.807, 2.05) is 31.2 Å². The molecule has 0 heterocycles. The van der Waals surface area contributed by atoms with Gasteiger partial charge in [-0.2, -0.15) is 0 Å². The van der Waals surface area contributed by atoms with Crippen LogP contribution in [0.4, 0.5) is 0 Å². The highest BCUT2D eigenvalue weighted by atomic mass is 32.2. The Balaban J connectivity index is 2.17. The first kappa shape index (κ1) is 14.8. The lowest BCUT2D eigenvalue weighted by Crippen LogP contribution is -2.09. The summed E-state index contributed by atoms with van der Waals surface area (Å²) in [5.41, 5.74) is 1.20. The number of benzene rings is 1. The smallest absolute Gasteiger partial charge is 0.316 e. The fraction of sp³-hybridized carbons (Fsp3) is 0.429. The van der Waals surface area contributed by atoms with Gasteiger partial charge in [0.2, 0.25) is 0 Å². The molecule has 0 amide bonds. The zero-order valence-electron chi connectivity index (χ0n) is 10.8. The summed E-state index contributed by atoms with van der Waals surface area (Å²) < 4.78 is 5.03. The highest BCUT2D eigenvalue weighted by Gasteiger charge is 2.04. The third-order valence-corrected chi connectivity index (χ3v) is 3.30. The van der Waals surface area contributed by atoms with E-state index in [1.165, 1.54) is 24.2 Å². The molecule has 18 heavy (non-hydrogen) atoms. The lowest BCUT2D eigenvalue weighted by Gasteiger charge is -2.04. The van der Waals surface area contributed by atoms with Crippen molar-refractivity contribution < 1.29 is 14.3 Å². The van der Waals surface area contributed by atoms with Gasteiger partial charge in [0.1, 0.15) is 5.78 Å². The van der Waals surface area contributed by atoms with Crippen LogP contribution in [0.25, 0.3) is 0 Å². The van der Waals surface area contributed by atoms with Crippen LogP contribution in [0.15, 0.2) is 29.2 Å². The van der Waals surface area contributed by atoms with Crippen LogP contribution in [0, 0.1) is 6.92 Å². The Morgan fingerprint density at radius 1 is 1.22 bits per heavy atom. The van der Waals surface area contributed by atoms with Crippen LogP contribution in [-0.2, 0) is 14.3 Å². The van der Waals surface area contributed by atoms with Gasteiger partial charge in [-0.1, -0.05) is 17.7 Å². The van der Waals surface area contributed by atoms with Crippen molar-refractivity contribution >= 4 is 23.5 Å². The van der Waals surface area contributed by atoms with Crippen molar-refractivity contribution in [2.45, 2.75) is 31.6 Å². The highest BCUT2D eigenvalue weighted by Crippen LogP contribution is 2.18. The summed E-state index contributed by atoms with van der Waals surface area (Å²) in [5, 5.41) is 0. The Morgan fingerprint density at radius 2 is 1.89 bits per heavy atom. The number of ether oxygens (including phenoxy) is 1. The van der Waals surface area contributed by atoms with Gasteiger partial charge in [-0.3, -0.25) is 4.79 Å². The molecule has 0 radical (unpaired) electrons. The number of hydrogen-bond acceptors (Lipinski definition) is 4. The standard InChI is InChI=1S/C14H18O3S/c1-11-5-7-13(8-6-11)18-10-14(16)17-9-3-4-12(2)15/h5-8H,3-4,9-10H2,1-2H3. The van der Waals surface area contributed by atoms with Crippen LogP contribution in [0.1, 0.15) is 25.3 Å². The summed E-state index contributed by atoms with van der Waals surface area (Å²) in [4.78, 5) is 23.1. The molecule has 0 unspecified atom stereocenters. The molecule has 0 bridgehead atoms. The van der Waals surface area contributed by atoms with Gasteiger partial charge in [-0.05, 0) is 32.4 Å². The van der Waals surface area contributed by atoms with Crippen molar-refractivity contribution in [1.82, 2.24) is 0 Å². The van der Waals surface area contributed by atoms with Crippen molar-refractivity contribution in [3.05, 3.63) is 29.8 Å². The van der Waals surface area contributed by atoms with Gasteiger partial charge in [0.05, 0.1) is 12.4 Å². The summed E-state index contributed by atoms with van der Waals surface area (Å²) >= 11 is 1.46. The largest absolute Gasteiger partial charge is 0.465 e. The van der Waals surface area contributed by atoms with E-state index in [0.29, 0.717) is 25.2 Å². The molecule has 4 heteroatoms. The van der Waals surface area contributed by atoms with Crippen LogP contribution < -0.4 is 0 Å². The molecular formula is C14H18O3S. The molecular weight excluding hydrogens is 248 g/mol. The molecule has 0 aromatic heterocycles. The maximum atomic E-state index is 11.4. The second-order valence-electron chi connectivity index (χ2n) is 4.13. The average molecular weight is 266 g/mol. The van der Waals surface area contributed by atoms with Crippen molar-refractivity contribution in [2.24, 2.45) is 0 Å². The molecule has 0 N–H and O–H groups in total. The third-order valence-electron chi connectivity index (χ3n) is 2.31. The van der Waals surface area contributed by atoms with E-state index in [0.717, 1.165) is 4.90 Å². The van der Waals surface area contributed by atoms with Crippen LogP contribution >= 0.6 is 11.8 Å². The molecule has 1 aromatic carbocycles. The second kappa shape index (κ2) is 7.93. The van der Waals surface area contributed by atoms with Crippen LogP contribution in [-0.4, -0.2) is 24.1 Å². The first-order valence-electron chi connectivity index (χ1n) is 5.92. The van der Waals surface area contributed by atoms with Crippen LogP contribution in [0.2, 0.25) is 0 Å². The van der Waals surface area contributed by atoms with E-state index in [4.69, 9.17) is 4.74 Å². The van der Waals surface area contributed by atoms with Gasteiger partial charge in [-0.15, -0.1) is 11.8 Å². The van der Waals surface area contributed by atoms with E-state index in [1.54, 1.807) is 0 Å². The second-order valence-corrected chi connectivity index (χ2v) is 5.18. The van der Waals surface area contributed by atoms with Crippen molar-refractivity contribution in [2.75, 3.05) is 12.4 Å². The topological polar surface area (TPSA) is 43.4 Å². The van der Waals surface area contributed by atoms with Gasteiger partial charge >= 0.3 is 5.97 Å². The molecule has 0 spiro atoms. The molecule has 1 rings (SSSR count). The maximum absolute atomic E-state index is 11.4. The number of rotatable bonds is 7. The zero-order chi connectivity index (χ0) is 13.4. The molecule has 1 aromatic rings. The number of Topliss-reactive ketones (excluding diaryl/α,β-unsaturated/α-hetero) is 1. The van der Waals surface area contributed by atoms with E-state index in [9.17, 15) is 9.59 Å². The van der Waals surface area contributed by atoms with Gasteiger partial charge < -0.3 is 9.53 Å². The summed E-state index contributed by atoms with van der Waals surface area (Å²) in [7, 11) is 0. The number of thioether (sulfide) groups is 1. The first-order chi connectivity index (χ1) is 8.58. The maximum Gasteiger partial charge on any atom is 0.316 e. The summed E-state index contributed by atoms with van der Waals surface area (Å²) in [6.07, 6.45) is 1.08. The summed E-state index contributed by atoms with van der Waals surface area (Å²) in [5.74, 6) is 0.201. The van der Waals surface area contributed by atoms with E-state index in [2.05, 4.69) is 0 Å². The lowest BCUT2D eigenvalue weighted by atomic mass is 10.2. The third kappa shape index (κ3) is 6.45. The number of esters is 1. The average Bonchev–Trinajstić information content (AvgIpc) is 2.34. The van der Waals surface area contributed by atoms with Gasteiger partial charge in [0.25, 0.3) is 0 Å². The van der Waals surface area contributed by atoms with Gasteiger partial charge in [0.15, 0.2) is 0 Å². The minimum Gasteiger partial charge on any atom is -0.465 e. The fourth-order valence-electron chi connectivity index (χ4n) is 1.33. The Kier molecular flexibility index (Phi) is 6.50.